The van der Waals surface area contributed by atoms with E-state index in [1.165, 1.54) is 0 Å². The van der Waals surface area contributed by atoms with Crippen molar-refractivity contribution in [3.8, 4) is 5.75 Å². The maximum absolute atomic E-state index is 13.8. The molecule has 1 aliphatic heterocycles. The number of amides is 4. The summed E-state index contributed by atoms with van der Waals surface area (Å²) in [4.78, 5) is 41.3. The first-order valence-electron chi connectivity index (χ1n) is 16.2. The van der Waals surface area contributed by atoms with Gasteiger partial charge in [-0.2, -0.15) is 0 Å². The molecule has 0 spiro atoms. The van der Waals surface area contributed by atoms with Crippen LogP contribution in [0.15, 0.2) is 78.9 Å². The molecule has 4 amide bonds. The first kappa shape index (κ1) is 37.1. The topological polar surface area (TPSA) is 152 Å². The highest BCUT2D eigenvalue weighted by Crippen LogP contribution is 2.22. The van der Waals surface area contributed by atoms with Crippen molar-refractivity contribution in [3.05, 3.63) is 101 Å². The Kier molecular flexibility index (Phi) is 14.2. The highest BCUT2D eigenvalue weighted by atomic mass is 16.5. The van der Waals surface area contributed by atoms with Crippen LogP contribution in [0.5, 0.6) is 5.75 Å². The minimum absolute atomic E-state index is 0. The van der Waals surface area contributed by atoms with Crippen molar-refractivity contribution in [3.63, 3.8) is 0 Å². The van der Waals surface area contributed by atoms with Crippen LogP contribution in [0.2, 0.25) is 0 Å². The van der Waals surface area contributed by atoms with Crippen molar-refractivity contribution >= 4 is 17.8 Å². The van der Waals surface area contributed by atoms with Crippen LogP contribution in [-0.4, -0.2) is 77.3 Å². The Morgan fingerprint density at radius 3 is 2.06 bits per heavy atom. The van der Waals surface area contributed by atoms with Crippen molar-refractivity contribution in [2.75, 3.05) is 19.7 Å². The van der Waals surface area contributed by atoms with Crippen LogP contribution in [0.4, 0.5) is 4.79 Å². The lowest BCUT2D eigenvalue weighted by molar-refractivity contribution is -0.128. The molecule has 1 heterocycles. The van der Waals surface area contributed by atoms with Crippen LogP contribution in [0.1, 0.15) is 48.9 Å². The minimum Gasteiger partial charge on any atom is -0.483 e. The number of aliphatic hydroxyl groups is 1. The maximum Gasteiger partial charge on any atom is 0.318 e. The summed E-state index contributed by atoms with van der Waals surface area (Å²) < 4.78 is 5.90. The molecule has 3 aromatic rings. The van der Waals surface area contributed by atoms with Gasteiger partial charge >= 0.3 is 6.03 Å². The average Bonchev–Trinajstić information content (AvgIpc) is 3.02. The van der Waals surface area contributed by atoms with E-state index in [4.69, 9.17) is 4.74 Å². The monoisotopic (exact) mass is 646 g/mol. The third kappa shape index (κ3) is 10.8. The molecule has 0 saturated carbocycles. The molecule has 1 aliphatic rings. The second-order valence-corrected chi connectivity index (χ2v) is 12.5. The van der Waals surface area contributed by atoms with Gasteiger partial charge in [-0.1, -0.05) is 92.7 Å². The summed E-state index contributed by atoms with van der Waals surface area (Å²) in [6, 6.07) is 23.3. The van der Waals surface area contributed by atoms with E-state index in [1.54, 1.807) is 4.90 Å². The molecule has 3 aromatic carbocycles. The van der Waals surface area contributed by atoms with E-state index in [2.05, 4.69) is 16.0 Å². The van der Waals surface area contributed by atoms with Crippen LogP contribution < -0.4 is 20.7 Å². The Bertz CT molecular complexity index is 1420. The van der Waals surface area contributed by atoms with Gasteiger partial charge in [-0.05, 0) is 67.7 Å². The summed E-state index contributed by atoms with van der Waals surface area (Å²) in [5.41, 5.74) is 3.84. The van der Waals surface area contributed by atoms with Gasteiger partial charge in [0.1, 0.15) is 11.8 Å². The molecule has 4 rings (SSSR count). The number of ether oxygens (including phenoxy) is 1. The lowest BCUT2D eigenvalue weighted by atomic mass is 9.92. The number of carbonyl (C=O) groups excluding carboxylic acids is 3. The zero-order valence-corrected chi connectivity index (χ0v) is 27.9. The smallest absolute Gasteiger partial charge is 0.318 e. The molecule has 0 aromatic heterocycles. The predicted octanol–water partition coefficient (Wildman–Crippen LogP) is 3.50. The van der Waals surface area contributed by atoms with E-state index in [0.717, 1.165) is 28.7 Å². The number of carbonyl (C=O) groups is 3. The molecule has 47 heavy (non-hydrogen) atoms. The number of para-hydroxylation sites is 1. The quantitative estimate of drug-likeness (QED) is 0.199. The molecule has 0 unspecified atom stereocenters. The average molecular weight is 647 g/mol. The summed E-state index contributed by atoms with van der Waals surface area (Å²) in [7, 11) is 0. The van der Waals surface area contributed by atoms with Crippen molar-refractivity contribution in [2.45, 2.75) is 77.6 Å². The first-order chi connectivity index (χ1) is 22.1. The summed E-state index contributed by atoms with van der Waals surface area (Å²) in [5.74, 6) is -0.0493. The Morgan fingerprint density at radius 1 is 0.894 bits per heavy atom. The zero-order chi connectivity index (χ0) is 33.1. The van der Waals surface area contributed by atoms with Crippen LogP contribution in [0, 0.1) is 19.8 Å². The highest BCUT2D eigenvalue weighted by Gasteiger charge is 2.35. The summed E-state index contributed by atoms with van der Waals surface area (Å²) in [6.45, 7) is 8.63. The zero-order valence-electron chi connectivity index (χ0n) is 27.9. The van der Waals surface area contributed by atoms with E-state index in [0.29, 0.717) is 31.7 Å². The van der Waals surface area contributed by atoms with Crippen molar-refractivity contribution in [2.24, 2.45) is 5.92 Å². The molecular weight excluding hydrogens is 596 g/mol. The fraction of sp³-hybridized carbons (Fsp3) is 0.432. The first-order valence-corrected chi connectivity index (χ1v) is 16.2. The number of hydrogen-bond donors (Lipinski definition) is 4. The Hall–Kier alpha value is -4.41. The van der Waals surface area contributed by atoms with Gasteiger partial charge in [-0.15, -0.1) is 0 Å². The number of aliphatic hydroxyl groups excluding tert-OH is 1. The van der Waals surface area contributed by atoms with Gasteiger partial charge in [-0.25, -0.2) is 4.79 Å². The third-order valence-corrected chi connectivity index (χ3v) is 8.41. The van der Waals surface area contributed by atoms with Crippen LogP contribution in [0.3, 0.4) is 0 Å². The van der Waals surface area contributed by atoms with E-state index in [9.17, 15) is 19.5 Å². The second-order valence-electron chi connectivity index (χ2n) is 12.5. The van der Waals surface area contributed by atoms with Crippen molar-refractivity contribution in [1.82, 2.24) is 20.9 Å². The molecule has 1 saturated heterocycles. The third-order valence-electron chi connectivity index (χ3n) is 8.41. The van der Waals surface area contributed by atoms with Gasteiger partial charge in [0.05, 0.1) is 12.1 Å². The molecule has 4 atom stereocenters. The van der Waals surface area contributed by atoms with Gasteiger partial charge in [0.2, 0.25) is 5.91 Å². The van der Waals surface area contributed by atoms with E-state index < -0.39 is 24.2 Å². The summed E-state index contributed by atoms with van der Waals surface area (Å²) in [6.07, 6.45) is 0.831. The maximum atomic E-state index is 13.8. The van der Waals surface area contributed by atoms with Crippen LogP contribution >= 0.6 is 0 Å². The number of benzene rings is 3. The van der Waals surface area contributed by atoms with Crippen LogP contribution in [-0.2, 0) is 22.4 Å². The molecular formula is C37H50N4O6. The molecule has 10 nitrogen and oxygen atoms in total. The molecule has 0 radical (unpaired) electrons. The Labute approximate surface area is 278 Å². The van der Waals surface area contributed by atoms with Gasteiger partial charge < -0.3 is 36.2 Å². The summed E-state index contributed by atoms with van der Waals surface area (Å²) >= 11 is 0. The fourth-order valence-electron chi connectivity index (χ4n) is 6.12. The Morgan fingerprint density at radius 2 is 1.49 bits per heavy atom. The highest BCUT2D eigenvalue weighted by molar-refractivity contribution is 5.87. The molecule has 6 N–H and O–H groups in total. The molecule has 0 bridgehead atoms. The summed E-state index contributed by atoms with van der Waals surface area (Å²) in [5, 5.41) is 20.7. The normalized spacial score (nSPS) is 15.4. The molecule has 0 aliphatic carbocycles. The molecule has 10 heteroatoms. The number of nitrogens with one attached hydrogen (secondary N) is 3. The molecule has 1 fully saturated rings. The van der Waals surface area contributed by atoms with Crippen LogP contribution in [0.25, 0.3) is 0 Å². The standard InChI is InChI=1S/C37H48N4O5.H2O/c1-25(2)34(41-20-12-19-38-37(41)45)36(44)39-30(21-28-15-7-5-8-16-28)23-32(42)31(22-29-17-9-6-10-18-29)40-33(43)24-46-35-26(3)13-11-14-27(35)4;/h5-11,13-18,25,30-32,34,42H,12,19-24H2,1-4H3,(H,38,45)(H,39,44)(H,40,43);1H2/t30-,31-,32-,34-;/m0./s1. The SMILES string of the molecule is Cc1cccc(C)c1OCC(=O)N[C@@H](Cc1ccccc1)[C@@H](O)C[C@H](Cc1ccccc1)NC(=O)[C@H](C(C)C)N1CCCNC1=O.O. The number of rotatable bonds is 15. The van der Waals surface area contributed by atoms with Gasteiger partial charge in [0.25, 0.3) is 5.91 Å². The number of aryl methyl sites for hydroxylation is 2. The van der Waals surface area contributed by atoms with Crippen molar-refractivity contribution < 1.29 is 29.7 Å². The van der Waals surface area contributed by atoms with E-state index in [-0.39, 0.29) is 42.3 Å². The molecule has 254 valence electrons. The Balaban J connectivity index is 0.00000600. The second kappa shape index (κ2) is 18.1. The van der Waals surface area contributed by atoms with Gasteiger partial charge in [0.15, 0.2) is 6.61 Å². The van der Waals surface area contributed by atoms with E-state index in [1.807, 2.05) is 107 Å². The van der Waals surface area contributed by atoms with Gasteiger partial charge in [0, 0.05) is 19.1 Å². The lowest BCUT2D eigenvalue weighted by Gasteiger charge is -2.37. The number of nitrogens with zero attached hydrogens (tertiary/aromatic N) is 1. The number of urea groups is 1. The largest absolute Gasteiger partial charge is 0.483 e. The predicted molar refractivity (Wildman–Crippen MR) is 183 cm³/mol. The number of hydrogen-bond acceptors (Lipinski definition) is 5. The van der Waals surface area contributed by atoms with Crippen molar-refractivity contribution in [1.29, 1.82) is 0 Å². The van der Waals surface area contributed by atoms with Gasteiger partial charge in [-0.3, -0.25) is 9.59 Å². The minimum atomic E-state index is -0.992. The fourth-order valence-corrected chi connectivity index (χ4v) is 6.12. The lowest BCUT2D eigenvalue weighted by Crippen LogP contribution is -2.59. The van der Waals surface area contributed by atoms with E-state index >= 15 is 0 Å².